The van der Waals surface area contributed by atoms with Gasteiger partial charge in [0.05, 0.1) is 20.3 Å². The van der Waals surface area contributed by atoms with Crippen molar-refractivity contribution in [3.63, 3.8) is 0 Å². The summed E-state index contributed by atoms with van der Waals surface area (Å²) in [7, 11) is 1.29. The molecule has 0 aliphatic heterocycles. The highest BCUT2D eigenvalue weighted by Gasteiger charge is 2.13. The van der Waals surface area contributed by atoms with Crippen molar-refractivity contribution in [1.29, 1.82) is 0 Å². The van der Waals surface area contributed by atoms with Gasteiger partial charge in [0, 0.05) is 5.92 Å². The second-order valence-corrected chi connectivity index (χ2v) is 6.16. The maximum absolute atomic E-state index is 13.1. The number of esters is 1. The van der Waals surface area contributed by atoms with Crippen LogP contribution in [0.15, 0.2) is 59.8 Å². The molecule has 0 aliphatic carbocycles. The van der Waals surface area contributed by atoms with Crippen molar-refractivity contribution in [1.82, 2.24) is 0 Å². The van der Waals surface area contributed by atoms with Crippen LogP contribution in [0.3, 0.4) is 0 Å². The van der Waals surface area contributed by atoms with Gasteiger partial charge in [-0.2, -0.15) is 0 Å². The molecule has 6 heteroatoms. The molecule has 0 saturated heterocycles. The van der Waals surface area contributed by atoms with E-state index < -0.39 is 5.97 Å². The highest BCUT2D eigenvalue weighted by Crippen LogP contribution is 2.13. The molecule has 0 aromatic heterocycles. The minimum atomic E-state index is -0.537. The van der Waals surface area contributed by atoms with Crippen molar-refractivity contribution in [2.45, 2.75) is 20.0 Å². The lowest BCUT2D eigenvalue weighted by Gasteiger charge is -2.16. The number of ether oxygens (including phenoxy) is 2. The van der Waals surface area contributed by atoms with Crippen molar-refractivity contribution < 1.29 is 23.5 Å². The number of oxime groups is 1. The predicted molar refractivity (Wildman–Crippen MR) is 101 cm³/mol. The lowest BCUT2D eigenvalue weighted by Crippen LogP contribution is -2.19. The van der Waals surface area contributed by atoms with Gasteiger partial charge in [-0.1, -0.05) is 47.6 Å². The Morgan fingerprint density at radius 1 is 1.04 bits per heavy atom. The summed E-state index contributed by atoms with van der Waals surface area (Å²) >= 11 is 0. The maximum atomic E-state index is 13.1. The summed E-state index contributed by atoms with van der Waals surface area (Å²) in [5.41, 5.74) is 2.20. The van der Waals surface area contributed by atoms with E-state index in [-0.39, 0.29) is 24.1 Å². The number of rotatable bonds is 10. The van der Waals surface area contributed by atoms with E-state index in [4.69, 9.17) is 9.57 Å². The van der Waals surface area contributed by atoms with Crippen LogP contribution in [0.5, 0.6) is 0 Å². The molecule has 5 nitrogen and oxygen atoms in total. The van der Waals surface area contributed by atoms with Crippen LogP contribution < -0.4 is 0 Å². The molecule has 144 valence electrons. The SMILES string of the molecule is COC(=O)/C(C)=N/OCC(COCc1ccccc1)Cc1ccc(F)cc1. The van der Waals surface area contributed by atoms with E-state index in [9.17, 15) is 9.18 Å². The maximum Gasteiger partial charge on any atom is 0.355 e. The molecule has 0 radical (unpaired) electrons. The van der Waals surface area contributed by atoms with E-state index in [2.05, 4.69) is 9.89 Å². The average molecular weight is 373 g/mol. The van der Waals surface area contributed by atoms with Crippen LogP contribution in [-0.2, 0) is 32.1 Å². The topological polar surface area (TPSA) is 57.1 Å². The molecule has 0 N–H and O–H groups in total. The van der Waals surface area contributed by atoms with Crippen LogP contribution >= 0.6 is 0 Å². The molecule has 1 unspecified atom stereocenters. The smallest absolute Gasteiger partial charge is 0.355 e. The number of methoxy groups -OCH3 is 1. The Labute approximate surface area is 158 Å². The zero-order chi connectivity index (χ0) is 19.5. The summed E-state index contributed by atoms with van der Waals surface area (Å²) in [5, 5.41) is 3.78. The monoisotopic (exact) mass is 373 g/mol. The molecule has 27 heavy (non-hydrogen) atoms. The van der Waals surface area contributed by atoms with Gasteiger partial charge in [-0.3, -0.25) is 0 Å². The van der Waals surface area contributed by atoms with Crippen molar-refractivity contribution >= 4 is 11.7 Å². The van der Waals surface area contributed by atoms with Gasteiger partial charge >= 0.3 is 5.97 Å². The minimum Gasteiger partial charge on any atom is -0.464 e. The van der Waals surface area contributed by atoms with E-state index >= 15 is 0 Å². The zero-order valence-electron chi connectivity index (χ0n) is 15.6. The van der Waals surface area contributed by atoms with Crippen LogP contribution in [0.2, 0.25) is 0 Å². The zero-order valence-corrected chi connectivity index (χ0v) is 15.6. The van der Waals surface area contributed by atoms with E-state index in [1.54, 1.807) is 12.1 Å². The van der Waals surface area contributed by atoms with E-state index in [1.807, 2.05) is 30.3 Å². The normalized spacial score (nSPS) is 12.5. The number of nitrogens with zero attached hydrogens (tertiary/aromatic N) is 1. The van der Waals surface area contributed by atoms with Crippen LogP contribution in [0, 0.1) is 11.7 Å². The molecule has 2 aromatic carbocycles. The number of halogens is 1. The van der Waals surface area contributed by atoms with Crippen molar-refractivity contribution in [3.8, 4) is 0 Å². The van der Waals surface area contributed by atoms with Gasteiger partial charge in [0.2, 0.25) is 0 Å². The highest BCUT2D eigenvalue weighted by atomic mass is 19.1. The van der Waals surface area contributed by atoms with Crippen molar-refractivity contribution in [2.24, 2.45) is 11.1 Å². The lowest BCUT2D eigenvalue weighted by atomic mass is 10.0. The van der Waals surface area contributed by atoms with Crippen molar-refractivity contribution in [2.75, 3.05) is 20.3 Å². The molecule has 0 aliphatic rings. The van der Waals surface area contributed by atoms with Gasteiger partial charge in [0.1, 0.15) is 12.4 Å². The second-order valence-electron chi connectivity index (χ2n) is 6.16. The standard InChI is InChI=1S/C21H24FNO4/c1-16(21(24)25-2)23-27-15-19(12-17-8-10-20(22)11-9-17)14-26-13-18-6-4-3-5-7-18/h3-11,19H,12-15H2,1-2H3/b23-16+. The third kappa shape index (κ3) is 7.58. The van der Waals surface area contributed by atoms with E-state index in [0.717, 1.165) is 11.1 Å². The summed E-state index contributed by atoms with van der Waals surface area (Å²) in [6, 6.07) is 16.2. The Balaban J connectivity index is 1.92. The molecule has 2 aromatic rings. The minimum absolute atomic E-state index is 0.00614. The van der Waals surface area contributed by atoms with Crippen LogP contribution in [-0.4, -0.2) is 32.0 Å². The molecule has 0 saturated carbocycles. The molecule has 0 bridgehead atoms. The fraction of sp³-hybridized carbons (Fsp3) is 0.333. The summed E-state index contributed by atoms with van der Waals surface area (Å²) in [6.45, 7) is 2.72. The molecule has 0 amide bonds. The first-order valence-electron chi connectivity index (χ1n) is 8.69. The van der Waals surface area contributed by atoms with Gasteiger partial charge in [-0.05, 0) is 36.6 Å². The molecule has 0 fully saturated rings. The summed E-state index contributed by atoms with van der Waals surface area (Å²) in [6.07, 6.45) is 0.641. The molecular formula is C21H24FNO4. The largest absolute Gasteiger partial charge is 0.464 e. The number of carbonyl (C=O) groups is 1. The first-order valence-corrected chi connectivity index (χ1v) is 8.69. The van der Waals surface area contributed by atoms with Gasteiger partial charge in [0.25, 0.3) is 0 Å². The van der Waals surface area contributed by atoms with Crippen LogP contribution in [0.4, 0.5) is 4.39 Å². The fourth-order valence-corrected chi connectivity index (χ4v) is 2.46. The third-order valence-electron chi connectivity index (χ3n) is 3.90. The third-order valence-corrected chi connectivity index (χ3v) is 3.90. The number of hydrogen-bond donors (Lipinski definition) is 0. The Kier molecular flexibility index (Phi) is 8.45. The first-order chi connectivity index (χ1) is 13.1. The Morgan fingerprint density at radius 3 is 2.41 bits per heavy atom. The first kappa shape index (κ1) is 20.6. The van der Waals surface area contributed by atoms with E-state index in [1.165, 1.54) is 26.2 Å². The van der Waals surface area contributed by atoms with Crippen LogP contribution in [0.1, 0.15) is 18.1 Å². The quantitative estimate of drug-likeness (QED) is 0.361. The number of benzene rings is 2. The molecular weight excluding hydrogens is 349 g/mol. The number of carbonyl (C=O) groups excluding carboxylic acids is 1. The summed E-state index contributed by atoms with van der Waals surface area (Å²) < 4.78 is 23.5. The molecule has 2 rings (SSSR count). The number of hydrogen-bond acceptors (Lipinski definition) is 5. The molecule has 0 spiro atoms. The highest BCUT2D eigenvalue weighted by molar-refractivity contribution is 6.35. The van der Waals surface area contributed by atoms with Gasteiger partial charge in [-0.25, -0.2) is 9.18 Å². The summed E-state index contributed by atoms with van der Waals surface area (Å²) in [4.78, 5) is 16.7. The Morgan fingerprint density at radius 2 is 1.74 bits per heavy atom. The fourth-order valence-electron chi connectivity index (χ4n) is 2.46. The van der Waals surface area contributed by atoms with Crippen LogP contribution in [0.25, 0.3) is 0 Å². The second kappa shape index (κ2) is 11.1. The summed E-state index contributed by atoms with van der Waals surface area (Å²) in [5.74, 6) is -0.816. The van der Waals surface area contributed by atoms with Crippen molar-refractivity contribution in [3.05, 3.63) is 71.5 Å². The lowest BCUT2D eigenvalue weighted by molar-refractivity contribution is -0.133. The van der Waals surface area contributed by atoms with Gasteiger partial charge in [-0.15, -0.1) is 0 Å². The Bertz CT molecular complexity index is 732. The molecule has 0 heterocycles. The predicted octanol–water partition coefficient (Wildman–Crippen LogP) is 3.77. The van der Waals surface area contributed by atoms with E-state index in [0.29, 0.717) is 19.6 Å². The van der Waals surface area contributed by atoms with Gasteiger partial charge < -0.3 is 14.3 Å². The molecule has 1 atom stereocenters. The Hall–Kier alpha value is -2.73. The van der Waals surface area contributed by atoms with Gasteiger partial charge in [0.15, 0.2) is 5.71 Å². The average Bonchev–Trinajstić information content (AvgIpc) is 2.69.